The van der Waals surface area contributed by atoms with Crippen molar-refractivity contribution in [2.24, 2.45) is 0 Å². The molecule has 0 aliphatic heterocycles. The zero-order valence-electron chi connectivity index (χ0n) is 11.9. The van der Waals surface area contributed by atoms with Crippen LogP contribution in [0.1, 0.15) is 78.1 Å². The summed E-state index contributed by atoms with van der Waals surface area (Å²) >= 11 is 0. The molecule has 0 aliphatic rings. The van der Waals surface area contributed by atoms with Gasteiger partial charge in [0, 0.05) is 64.6 Å². The van der Waals surface area contributed by atoms with Crippen LogP contribution in [0.4, 0.5) is 0 Å². The molecule has 1 nitrogen and oxygen atoms in total. The molecular weight excluding hydrogens is 223 g/mol. The van der Waals surface area contributed by atoms with E-state index in [1.165, 1.54) is 64.2 Å². The molecule has 0 aromatic carbocycles. The average Bonchev–Trinajstić information content (AvgIpc) is 2.26. The molecule has 0 saturated carbocycles. The minimum absolute atomic E-state index is 0. The van der Waals surface area contributed by atoms with Crippen molar-refractivity contribution in [2.75, 3.05) is 13.2 Å². The molecule has 0 amide bonds. The molecule has 0 aromatic rings. The van der Waals surface area contributed by atoms with E-state index < -0.39 is 0 Å². The summed E-state index contributed by atoms with van der Waals surface area (Å²) < 4.78 is 5.59. The smallest absolute Gasteiger partial charge is 0.0466 e. The summed E-state index contributed by atoms with van der Waals surface area (Å²) in [6.45, 7) is 6.48. The summed E-state index contributed by atoms with van der Waals surface area (Å²) in [7, 11) is 0. The maximum absolute atomic E-state index is 5.59. The van der Waals surface area contributed by atoms with E-state index >= 15 is 0 Å². The molecule has 0 saturated heterocycles. The summed E-state index contributed by atoms with van der Waals surface area (Å²) in [4.78, 5) is 0. The van der Waals surface area contributed by atoms with Crippen LogP contribution in [0.15, 0.2) is 0 Å². The Bertz CT molecular complexity index is 94.9. The van der Waals surface area contributed by atoms with Crippen molar-refractivity contribution < 1.29 is 4.74 Å². The molecule has 0 aliphatic carbocycles. The van der Waals surface area contributed by atoms with Crippen LogP contribution < -0.4 is 0 Å². The quantitative estimate of drug-likeness (QED) is 0.366. The van der Waals surface area contributed by atoms with E-state index in [0.29, 0.717) is 0 Å². The van der Waals surface area contributed by atoms with Gasteiger partial charge in [0.1, 0.15) is 0 Å². The predicted octanol–water partition coefficient (Wildman–Crippen LogP) is 4.56. The van der Waals surface area contributed by atoms with Gasteiger partial charge in [-0.1, -0.05) is 65.2 Å². The van der Waals surface area contributed by atoms with Crippen LogP contribution in [0.25, 0.3) is 0 Å². The van der Waals surface area contributed by atoms with E-state index in [2.05, 4.69) is 13.8 Å². The summed E-state index contributed by atoms with van der Waals surface area (Å²) in [5.41, 5.74) is 0. The van der Waals surface area contributed by atoms with Crippen molar-refractivity contribution in [2.45, 2.75) is 78.1 Å². The van der Waals surface area contributed by atoms with Crippen LogP contribution in [-0.4, -0.2) is 64.6 Å². The Morgan fingerprint density at radius 1 is 0.562 bits per heavy atom. The molecule has 93 valence electrons. The molecule has 16 heavy (non-hydrogen) atoms. The maximum atomic E-state index is 5.59. The van der Waals surface area contributed by atoms with E-state index in [1.54, 1.807) is 0 Å². The largest absolute Gasteiger partial charge is 0.381 e. The van der Waals surface area contributed by atoms with Gasteiger partial charge in [-0.05, 0) is 12.8 Å². The second-order valence-corrected chi connectivity index (χ2v) is 4.44. The fourth-order valence-electron chi connectivity index (χ4n) is 1.72. The number of rotatable bonds is 12. The van der Waals surface area contributed by atoms with Gasteiger partial charge in [-0.25, -0.2) is 0 Å². The van der Waals surface area contributed by atoms with E-state index in [4.69, 9.17) is 4.74 Å². The van der Waals surface area contributed by atoms with E-state index in [9.17, 15) is 0 Å². The van der Waals surface area contributed by atoms with Crippen molar-refractivity contribution in [3.05, 3.63) is 0 Å². The molecule has 2 heteroatoms. The second kappa shape index (κ2) is 18.9. The first kappa shape index (κ1) is 19.9. The molecule has 0 N–H and O–H groups in total. The molecular formula is C14H30KO. The standard InChI is InChI=1S/C14H30O.K/c1-3-5-7-9-11-13-15-14-12-10-8-6-4-2;/h3-14H2,1-2H3;. The Balaban J connectivity index is 0. The molecule has 0 atom stereocenters. The van der Waals surface area contributed by atoms with Gasteiger partial charge in [-0.3, -0.25) is 0 Å². The van der Waals surface area contributed by atoms with Crippen molar-refractivity contribution >= 4 is 51.4 Å². The van der Waals surface area contributed by atoms with Gasteiger partial charge in [-0.15, -0.1) is 0 Å². The Hall–Kier alpha value is 1.60. The van der Waals surface area contributed by atoms with Gasteiger partial charge in [0.25, 0.3) is 0 Å². The van der Waals surface area contributed by atoms with Crippen LogP contribution in [-0.2, 0) is 4.74 Å². The van der Waals surface area contributed by atoms with E-state index in [-0.39, 0.29) is 51.4 Å². The fourth-order valence-corrected chi connectivity index (χ4v) is 1.72. The Morgan fingerprint density at radius 3 is 1.31 bits per heavy atom. The fraction of sp³-hybridized carbons (Fsp3) is 1.00. The van der Waals surface area contributed by atoms with Crippen molar-refractivity contribution in [3.8, 4) is 0 Å². The average molecular weight is 253 g/mol. The minimum atomic E-state index is 0. The third-order valence-electron chi connectivity index (χ3n) is 2.78. The Morgan fingerprint density at radius 2 is 0.938 bits per heavy atom. The monoisotopic (exact) mass is 253 g/mol. The van der Waals surface area contributed by atoms with Crippen molar-refractivity contribution in [1.82, 2.24) is 0 Å². The first-order valence-corrected chi connectivity index (χ1v) is 6.99. The Labute approximate surface area is 146 Å². The molecule has 0 bridgehead atoms. The van der Waals surface area contributed by atoms with Gasteiger partial charge < -0.3 is 4.74 Å². The predicted molar refractivity (Wildman–Crippen MR) is 74.1 cm³/mol. The molecule has 1 radical (unpaired) electrons. The van der Waals surface area contributed by atoms with Crippen LogP contribution in [0, 0.1) is 0 Å². The summed E-state index contributed by atoms with van der Waals surface area (Å²) in [6, 6.07) is 0. The molecule has 0 heterocycles. The maximum Gasteiger partial charge on any atom is 0.0466 e. The van der Waals surface area contributed by atoms with Crippen LogP contribution in [0.5, 0.6) is 0 Å². The first-order valence-electron chi connectivity index (χ1n) is 6.99. The SMILES string of the molecule is CCCCCCCOCCCCCCC.[K]. The topological polar surface area (TPSA) is 9.23 Å². The number of unbranched alkanes of at least 4 members (excludes halogenated alkanes) is 8. The molecule has 0 unspecified atom stereocenters. The Kier molecular flexibility index (Phi) is 23.6. The summed E-state index contributed by atoms with van der Waals surface area (Å²) in [5.74, 6) is 0. The van der Waals surface area contributed by atoms with Crippen molar-refractivity contribution in [3.63, 3.8) is 0 Å². The van der Waals surface area contributed by atoms with Gasteiger partial charge in [-0.2, -0.15) is 0 Å². The van der Waals surface area contributed by atoms with Crippen molar-refractivity contribution in [1.29, 1.82) is 0 Å². The number of ether oxygens (including phenoxy) is 1. The molecule has 0 spiro atoms. The van der Waals surface area contributed by atoms with Crippen LogP contribution >= 0.6 is 0 Å². The summed E-state index contributed by atoms with van der Waals surface area (Å²) in [6.07, 6.45) is 13.4. The van der Waals surface area contributed by atoms with Crippen LogP contribution in [0.3, 0.4) is 0 Å². The van der Waals surface area contributed by atoms with Gasteiger partial charge in [0.05, 0.1) is 0 Å². The molecule has 0 aromatic heterocycles. The normalized spacial score (nSPS) is 10.1. The number of hydrogen-bond donors (Lipinski definition) is 0. The van der Waals surface area contributed by atoms with E-state index in [0.717, 1.165) is 13.2 Å². The third kappa shape index (κ3) is 18.0. The third-order valence-corrected chi connectivity index (χ3v) is 2.78. The van der Waals surface area contributed by atoms with Gasteiger partial charge in [0.15, 0.2) is 0 Å². The van der Waals surface area contributed by atoms with Gasteiger partial charge >= 0.3 is 0 Å². The minimum Gasteiger partial charge on any atom is -0.381 e. The first-order chi connectivity index (χ1) is 7.41. The second-order valence-electron chi connectivity index (χ2n) is 4.44. The van der Waals surface area contributed by atoms with E-state index in [1.807, 2.05) is 0 Å². The number of hydrogen-bond acceptors (Lipinski definition) is 1. The molecule has 0 rings (SSSR count). The zero-order valence-corrected chi connectivity index (χ0v) is 15.0. The zero-order chi connectivity index (χ0) is 11.2. The van der Waals surface area contributed by atoms with Gasteiger partial charge in [0.2, 0.25) is 0 Å². The molecule has 0 fully saturated rings. The van der Waals surface area contributed by atoms with Crippen LogP contribution in [0.2, 0.25) is 0 Å². The summed E-state index contributed by atoms with van der Waals surface area (Å²) in [5, 5.41) is 0.